The van der Waals surface area contributed by atoms with Crippen LogP contribution in [0.2, 0.25) is 0 Å². The standard InChI is InChI=1S/C18H23N3O2/c1-13-11-19-17(14-5-2-6-14)21(13)15-7-3-9-20(12-15)18(22)16-8-4-10-23-16/h4,8,10-11,14-15H,2-3,5-7,9,12H2,1H3. The number of hydrogen-bond acceptors (Lipinski definition) is 3. The van der Waals surface area contributed by atoms with Crippen LogP contribution in [0.3, 0.4) is 0 Å². The van der Waals surface area contributed by atoms with E-state index in [2.05, 4.69) is 16.5 Å². The van der Waals surface area contributed by atoms with Gasteiger partial charge in [-0.1, -0.05) is 6.42 Å². The Balaban J connectivity index is 1.56. The largest absolute Gasteiger partial charge is 0.459 e. The van der Waals surface area contributed by atoms with Gasteiger partial charge in [0.15, 0.2) is 5.76 Å². The average molecular weight is 313 g/mol. The number of amides is 1. The first-order valence-corrected chi connectivity index (χ1v) is 8.60. The smallest absolute Gasteiger partial charge is 0.289 e. The van der Waals surface area contributed by atoms with Crippen molar-refractivity contribution in [2.45, 2.75) is 51.0 Å². The molecule has 2 aromatic rings. The van der Waals surface area contributed by atoms with Crippen molar-refractivity contribution in [3.8, 4) is 0 Å². The molecule has 1 aliphatic carbocycles. The molecule has 5 heteroatoms. The Morgan fingerprint density at radius 3 is 2.87 bits per heavy atom. The van der Waals surface area contributed by atoms with Crippen molar-refractivity contribution in [1.29, 1.82) is 0 Å². The van der Waals surface area contributed by atoms with Crippen LogP contribution in [-0.2, 0) is 0 Å². The molecule has 0 spiro atoms. The maximum atomic E-state index is 12.6. The molecule has 4 rings (SSSR count). The monoisotopic (exact) mass is 313 g/mol. The van der Waals surface area contributed by atoms with Crippen LogP contribution >= 0.6 is 0 Å². The first-order valence-electron chi connectivity index (χ1n) is 8.60. The lowest BCUT2D eigenvalue weighted by Gasteiger charge is -2.36. The fourth-order valence-electron chi connectivity index (χ4n) is 3.81. The molecule has 1 amide bonds. The molecule has 2 aliphatic rings. The molecule has 0 aromatic carbocycles. The first kappa shape index (κ1) is 14.5. The molecule has 1 atom stereocenters. The summed E-state index contributed by atoms with van der Waals surface area (Å²) >= 11 is 0. The number of rotatable bonds is 3. The number of furan rings is 1. The van der Waals surface area contributed by atoms with Crippen molar-refractivity contribution in [3.63, 3.8) is 0 Å². The van der Waals surface area contributed by atoms with Crippen molar-refractivity contribution in [1.82, 2.24) is 14.5 Å². The van der Waals surface area contributed by atoms with Gasteiger partial charge in [0.25, 0.3) is 5.91 Å². The highest BCUT2D eigenvalue weighted by molar-refractivity contribution is 5.91. The lowest BCUT2D eigenvalue weighted by Crippen LogP contribution is -2.41. The van der Waals surface area contributed by atoms with Gasteiger partial charge in [-0.25, -0.2) is 4.98 Å². The van der Waals surface area contributed by atoms with Crippen molar-refractivity contribution in [3.05, 3.63) is 41.9 Å². The molecule has 122 valence electrons. The Morgan fingerprint density at radius 2 is 2.17 bits per heavy atom. The molecule has 1 aliphatic heterocycles. The number of aryl methyl sites for hydroxylation is 1. The summed E-state index contributed by atoms with van der Waals surface area (Å²) in [6.07, 6.45) is 9.49. The number of nitrogens with zero attached hydrogens (tertiary/aromatic N) is 3. The van der Waals surface area contributed by atoms with E-state index >= 15 is 0 Å². The molecular weight excluding hydrogens is 290 g/mol. The summed E-state index contributed by atoms with van der Waals surface area (Å²) in [5.74, 6) is 2.28. The fraction of sp³-hybridized carbons (Fsp3) is 0.556. The number of likely N-dealkylation sites (tertiary alicyclic amines) is 1. The zero-order valence-electron chi connectivity index (χ0n) is 13.6. The predicted octanol–water partition coefficient (Wildman–Crippen LogP) is 3.53. The van der Waals surface area contributed by atoms with E-state index in [1.807, 2.05) is 11.1 Å². The highest BCUT2D eigenvalue weighted by Gasteiger charge is 2.31. The van der Waals surface area contributed by atoms with Gasteiger partial charge >= 0.3 is 0 Å². The van der Waals surface area contributed by atoms with E-state index in [9.17, 15) is 4.79 Å². The van der Waals surface area contributed by atoms with Gasteiger partial charge in [-0.2, -0.15) is 0 Å². The zero-order chi connectivity index (χ0) is 15.8. The summed E-state index contributed by atoms with van der Waals surface area (Å²) in [5, 5.41) is 0. The van der Waals surface area contributed by atoms with E-state index < -0.39 is 0 Å². The van der Waals surface area contributed by atoms with Gasteiger partial charge in [-0.15, -0.1) is 0 Å². The first-order chi connectivity index (χ1) is 11.2. The SMILES string of the molecule is Cc1cnc(C2CCC2)n1C1CCCN(C(=O)c2ccco2)C1. The van der Waals surface area contributed by atoms with Gasteiger partial charge in [0, 0.05) is 30.9 Å². The summed E-state index contributed by atoms with van der Waals surface area (Å²) in [6, 6.07) is 3.85. The van der Waals surface area contributed by atoms with E-state index in [-0.39, 0.29) is 5.91 Å². The van der Waals surface area contributed by atoms with Gasteiger partial charge in [-0.05, 0) is 44.7 Å². The third-order valence-electron chi connectivity index (χ3n) is 5.26. The summed E-state index contributed by atoms with van der Waals surface area (Å²) in [6.45, 7) is 3.68. The lowest BCUT2D eigenvalue weighted by atomic mass is 9.84. The second-order valence-electron chi connectivity index (χ2n) is 6.78. The van der Waals surface area contributed by atoms with Crippen LogP contribution in [-0.4, -0.2) is 33.4 Å². The van der Waals surface area contributed by atoms with E-state index in [1.165, 1.54) is 30.8 Å². The van der Waals surface area contributed by atoms with Crippen molar-refractivity contribution in [2.75, 3.05) is 13.1 Å². The van der Waals surface area contributed by atoms with Crippen molar-refractivity contribution < 1.29 is 9.21 Å². The minimum Gasteiger partial charge on any atom is -0.459 e. The highest BCUT2D eigenvalue weighted by atomic mass is 16.3. The third kappa shape index (κ3) is 2.58. The number of piperidine rings is 1. The van der Waals surface area contributed by atoms with E-state index in [0.29, 0.717) is 17.7 Å². The van der Waals surface area contributed by atoms with Gasteiger partial charge in [-0.3, -0.25) is 4.79 Å². The van der Waals surface area contributed by atoms with Crippen molar-refractivity contribution in [2.24, 2.45) is 0 Å². The molecule has 1 unspecified atom stereocenters. The average Bonchev–Trinajstić information content (AvgIpc) is 3.15. The van der Waals surface area contributed by atoms with Gasteiger partial charge in [0.2, 0.25) is 0 Å². The highest BCUT2D eigenvalue weighted by Crippen LogP contribution is 2.38. The minimum atomic E-state index is 0.00247. The van der Waals surface area contributed by atoms with Crippen LogP contribution in [0.5, 0.6) is 0 Å². The maximum absolute atomic E-state index is 12.6. The number of aromatic nitrogens is 2. The number of imidazole rings is 1. The predicted molar refractivity (Wildman–Crippen MR) is 86.4 cm³/mol. The molecule has 0 N–H and O–H groups in total. The third-order valence-corrected chi connectivity index (χ3v) is 5.26. The Labute approximate surface area is 136 Å². The normalized spacial score (nSPS) is 22.1. The zero-order valence-corrected chi connectivity index (χ0v) is 13.6. The molecule has 3 heterocycles. The summed E-state index contributed by atoms with van der Waals surface area (Å²) in [7, 11) is 0. The van der Waals surface area contributed by atoms with E-state index in [1.54, 1.807) is 18.4 Å². The van der Waals surface area contributed by atoms with Gasteiger partial charge in [0.1, 0.15) is 5.82 Å². The molecule has 2 aromatic heterocycles. The molecule has 5 nitrogen and oxygen atoms in total. The summed E-state index contributed by atoms with van der Waals surface area (Å²) < 4.78 is 7.67. The minimum absolute atomic E-state index is 0.00247. The molecule has 0 radical (unpaired) electrons. The topological polar surface area (TPSA) is 51.3 Å². The lowest BCUT2D eigenvalue weighted by molar-refractivity contribution is 0.0643. The number of hydrogen-bond donors (Lipinski definition) is 0. The summed E-state index contributed by atoms with van der Waals surface area (Å²) in [4.78, 5) is 19.2. The van der Waals surface area contributed by atoms with Crippen molar-refractivity contribution >= 4 is 5.91 Å². The van der Waals surface area contributed by atoms with Crippen LogP contribution in [0.25, 0.3) is 0 Å². The van der Waals surface area contributed by atoms with E-state index in [0.717, 1.165) is 25.9 Å². The maximum Gasteiger partial charge on any atom is 0.289 e. The Kier molecular flexibility index (Phi) is 3.71. The van der Waals surface area contributed by atoms with Crippen LogP contribution in [0.4, 0.5) is 0 Å². The molecule has 0 bridgehead atoms. The van der Waals surface area contributed by atoms with E-state index in [4.69, 9.17) is 4.42 Å². The molecule has 1 saturated carbocycles. The van der Waals surface area contributed by atoms with Crippen LogP contribution in [0.1, 0.15) is 66.1 Å². The Hall–Kier alpha value is -2.04. The second-order valence-corrected chi connectivity index (χ2v) is 6.78. The van der Waals surface area contributed by atoms with Crippen LogP contribution in [0.15, 0.2) is 29.0 Å². The molecule has 2 fully saturated rings. The van der Waals surface area contributed by atoms with Gasteiger partial charge in [0.05, 0.1) is 12.3 Å². The Bertz CT molecular complexity index is 685. The second kappa shape index (κ2) is 5.87. The fourth-order valence-corrected chi connectivity index (χ4v) is 3.81. The van der Waals surface area contributed by atoms with Crippen LogP contribution < -0.4 is 0 Å². The molecular formula is C18H23N3O2. The number of carbonyl (C=O) groups is 1. The molecule has 23 heavy (non-hydrogen) atoms. The summed E-state index contributed by atoms with van der Waals surface area (Å²) in [5.41, 5.74) is 1.21. The van der Waals surface area contributed by atoms with Gasteiger partial charge < -0.3 is 13.9 Å². The van der Waals surface area contributed by atoms with Crippen LogP contribution in [0, 0.1) is 6.92 Å². The Morgan fingerprint density at radius 1 is 1.30 bits per heavy atom. The quantitative estimate of drug-likeness (QED) is 0.871. The molecule has 1 saturated heterocycles. The number of carbonyl (C=O) groups excluding carboxylic acids is 1.